The number of nitrogens with two attached hydrogens (primary N) is 1. The van der Waals surface area contributed by atoms with Crippen LogP contribution in [-0.2, 0) is 5.41 Å². The maximum atomic E-state index is 5.71. The van der Waals surface area contributed by atoms with Crippen molar-refractivity contribution < 1.29 is 0 Å². The summed E-state index contributed by atoms with van der Waals surface area (Å²) in [5.74, 6) is 0. The van der Waals surface area contributed by atoms with E-state index in [1.807, 2.05) is 26.0 Å². The summed E-state index contributed by atoms with van der Waals surface area (Å²) in [6, 6.07) is 6.21. The fraction of sp³-hybridized carbons (Fsp3) is 0.462. The number of fused-ring (bicyclic) bond motifs is 1. The zero-order valence-corrected chi connectivity index (χ0v) is 11.5. The summed E-state index contributed by atoms with van der Waals surface area (Å²) in [5, 5.41) is 0.650. The van der Waals surface area contributed by atoms with Crippen molar-refractivity contribution in [2.24, 2.45) is 0 Å². The van der Waals surface area contributed by atoms with Gasteiger partial charge in [-0.25, -0.2) is 4.98 Å². The second-order valence-electron chi connectivity index (χ2n) is 4.46. The number of benzene rings is 1. The Kier molecular flexibility index (Phi) is 3.92. The topological polar surface area (TPSA) is 38.9 Å². The molecule has 16 heavy (non-hydrogen) atoms. The number of rotatable bonds is 0. The molecule has 1 aromatic carbocycles. The molecule has 0 spiro atoms. The monoisotopic (exact) mass is 236 g/mol. The van der Waals surface area contributed by atoms with Gasteiger partial charge in [-0.15, -0.1) is 0 Å². The molecule has 0 aliphatic rings. The molecule has 0 saturated heterocycles. The Morgan fingerprint density at radius 3 is 2.38 bits per heavy atom. The van der Waals surface area contributed by atoms with E-state index in [9.17, 15) is 0 Å². The molecule has 2 nitrogen and oxygen atoms in total. The Bertz CT molecular complexity index is 466. The molecule has 88 valence electrons. The number of nitrogens with zero attached hydrogens (tertiary/aromatic N) is 1. The molecule has 0 fully saturated rings. The van der Waals surface area contributed by atoms with E-state index < -0.39 is 0 Å². The lowest BCUT2D eigenvalue weighted by atomic mass is 9.87. The first-order valence-corrected chi connectivity index (χ1v) is 6.45. The lowest BCUT2D eigenvalue weighted by Crippen LogP contribution is -2.10. The predicted molar refractivity (Wildman–Crippen MR) is 74.1 cm³/mol. The van der Waals surface area contributed by atoms with E-state index in [2.05, 4.69) is 31.8 Å². The maximum Gasteiger partial charge on any atom is 0.181 e. The van der Waals surface area contributed by atoms with Crippen molar-refractivity contribution in [2.75, 3.05) is 5.73 Å². The first-order chi connectivity index (χ1) is 7.48. The van der Waals surface area contributed by atoms with Gasteiger partial charge in [-0.1, -0.05) is 58.1 Å². The van der Waals surface area contributed by atoms with Crippen LogP contribution >= 0.6 is 11.3 Å². The van der Waals surface area contributed by atoms with E-state index in [0.29, 0.717) is 5.13 Å². The quantitative estimate of drug-likeness (QED) is 0.744. The SMILES string of the molecule is CC.CC(C)(C)c1cccc2nc(N)sc12. The molecule has 3 heteroatoms. The Hall–Kier alpha value is -1.09. The van der Waals surface area contributed by atoms with Crippen LogP contribution in [0.5, 0.6) is 0 Å². The van der Waals surface area contributed by atoms with E-state index in [1.54, 1.807) is 11.3 Å². The number of anilines is 1. The third-order valence-electron chi connectivity index (χ3n) is 2.24. The second kappa shape index (κ2) is 4.83. The molecule has 0 aliphatic carbocycles. The van der Waals surface area contributed by atoms with Crippen LogP contribution in [0.15, 0.2) is 18.2 Å². The van der Waals surface area contributed by atoms with Crippen molar-refractivity contribution in [2.45, 2.75) is 40.0 Å². The van der Waals surface area contributed by atoms with E-state index in [4.69, 9.17) is 5.73 Å². The highest BCUT2D eigenvalue weighted by atomic mass is 32.1. The van der Waals surface area contributed by atoms with Crippen molar-refractivity contribution in [3.05, 3.63) is 23.8 Å². The molecule has 0 atom stereocenters. The lowest BCUT2D eigenvalue weighted by Gasteiger charge is -2.19. The average molecular weight is 236 g/mol. The third kappa shape index (κ3) is 2.53. The van der Waals surface area contributed by atoms with Gasteiger partial charge in [0.2, 0.25) is 0 Å². The highest BCUT2D eigenvalue weighted by Crippen LogP contribution is 2.34. The van der Waals surface area contributed by atoms with E-state index >= 15 is 0 Å². The van der Waals surface area contributed by atoms with Crippen molar-refractivity contribution in [1.29, 1.82) is 0 Å². The molecule has 2 N–H and O–H groups in total. The van der Waals surface area contributed by atoms with Crippen molar-refractivity contribution in [1.82, 2.24) is 4.98 Å². The zero-order chi connectivity index (χ0) is 12.3. The summed E-state index contributed by atoms with van der Waals surface area (Å²) in [6.45, 7) is 10.6. The van der Waals surface area contributed by atoms with Gasteiger partial charge in [0.25, 0.3) is 0 Å². The largest absolute Gasteiger partial charge is 0.375 e. The van der Waals surface area contributed by atoms with Crippen LogP contribution in [0.3, 0.4) is 0 Å². The first-order valence-electron chi connectivity index (χ1n) is 5.64. The van der Waals surface area contributed by atoms with Crippen molar-refractivity contribution in [3.63, 3.8) is 0 Å². The van der Waals surface area contributed by atoms with Crippen LogP contribution < -0.4 is 5.73 Å². The van der Waals surface area contributed by atoms with Gasteiger partial charge in [-0.3, -0.25) is 0 Å². The molecule has 0 saturated carbocycles. The second-order valence-corrected chi connectivity index (χ2v) is 5.49. The number of hydrogen-bond donors (Lipinski definition) is 1. The summed E-state index contributed by atoms with van der Waals surface area (Å²) in [5.41, 5.74) is 8.20. The van der Waals surface area contributed by atoms with E-state index in [-0.39, 0.29) is 5.41 Å². The van der Waals surface area contributed by atoms with Crippen molar-refractivity contribution in [3.8, 4) is 0 Å². The van der Waals surface area contributed by atoms with Crippen LogP contribution in [0.2, 0.25) is 0 Å². The zero-order valence-electron chi connectivity index (χ0n) is 10.7. The van der Waals surface area contributed by atoms with Crippen LogP contribution in [0.4, 0.5) is 5.13 Å². The summed E-state index contributed by atoms with van der Waals surface area (Å²) < 4.78 is 1.22. The minimum Gasteiger partial charge on any atom is -0.375 e. The summed E-state index contributed by atoms with van der Waals surface area (Å²) in [4.78, 5) is 4.28. The fourth-order valence-electron chi connectivity index (χ4n) is 1.56. The van der Waals surface area contributed by atoms with E-state index in [0.717, 1.165) is 5.52 Å². The summed E-state index contributed by atoms with van der Waals surface area (Å²) >= 11 is 1.57. The molecule has 0 aliphatic heterocycles. The highest BCUT2D eigenvalue weighted by Gasteiger charge is 2.18. The number of hydrogen-bond acceptors (Lipinski definition) is 3. The molecular formula is C13H20N2S. The standard InChI is InChI=1S/C11H14N2S.C2H6/c1-11(2,3)7-5-4-6-8-9(7)14-10(12)13-8;1-2/h4-6H,1-3H3,(H2,12,13);1-2H3. The number of thiazole rings is 1. The number of nitrogen functional groups attached to an aromatic ring is 1. The number of aromatic nitrogens is 1. The lowest BCUT2D eigenvalue weighted by molar-refractivity contribution is 0.596. The Morgan fingerprint density at radius 2 is 1.81 bits per heavy atom. The third-order valence-corrected chi connectivity index (χ3v) is 3.17. The van der Waals surface area contributed by atoms with Gasteiger partial charge in [0.1, 0.15) is 0 Å². The minimum absolute atomic E-state index is 0.151. The van der Waals surface area contributed by atoms with Gasteiger partial charge in [0.05, 0.1) is 10.2 Å². The van der Waals surface area contributed by atoms with Crippen LogP contribution in [-0.4, -0.2) is 4.98 Å². The molecule has 2 rings (SSSR count). The molecule has 2 aromatic rings. The summed E-state index contributed by atoms with van der Waals surface area (Å²) in [7, 11) is 0. The normalized spacial score (nSPS) is 11.1. The predicted octanol–water partition coefficient (Wildman–Crippen LogP) is 4.20. The maximum absolute atomic E-state index is 5.71. The molecule has 0 bridgehead atoms. The molecule has 1 heterocycles. The van der Waals surface area contributed by atoms with Gasteiger partial charge in [-0.05, 0) is 17.0 Å². The molecular weight excluding hydrogens is 216 g/mol. The fourth-order valence-corrected chi connectivity index (χ4v) is 2.61. The first kappa shape index (κ1) is 13.0. The van der Waals surface area contributed by atoms with Gasteiger partial charge in [0, 0.05) is 0 Å². The smallest absolute Gasteiger partial charge is 0.181 e. The minimum atomic E-state index is 0.151. The van der Waals surface area contributed by atoms with E-state index in [1.165, 1.54) is 10.3 Å². The van der Waals surface area contributed by atoms with Gasteiger partial charge < -0.3 is 5.73 Å². The molecule has 0 unspecified atom stereocenters. The molecule has 1 aromatic heterocycles. The van der Waals surface area contributed by atoms with Gasteiger partial charge >= 0.3 is 0 Å². The van der Waals surface area contributed by atoms with Gasteiger partial charge in [-0.2, -0.15) is 0 Å². The van der Waals surface area contributed by atoms with Crippen LogP contribution in [0.1, 0.15) is 40.2 Å². The summed E-state index contributed by atoms with van der Waals surface area (Å²) in [6.07, 6.45) is 0. The van der Waals surface area contributed by atoms with Crippen molar-refractivity contribution >= 4 is 26.7 Å². The molecule has 0 amide bonds. The molecule has 0 radical (unpaired) electrons. The highest BCUT2D eigenvalue weighted by molar-refractivity contribution is 7.22. The Balaban J connectivity index is 0.000000606. The van der Waals surface area contributed by atoms with Crippen LogP contribution in [0, 0.1) is 0 Å². The Labute approximate surface area is 102 Å². The van der Waals surface area contributed by atoms with Gasteiger partial charge in [0.15, 0.2) is 5.13 Å². The van der Waals surface area contributed by atoms with Crippen LogP contribution in [0.25, 0.3) is 10.2 Å². The average Bonchev–Trinajstić information content (AvgIpc) is 2.58. The Morgan fingerprint density at radius 1 is 1.19 bits per heavy atom.